The highest BCUT2D eigenvalue weighted by Gasteiger charge is 2.53. The normalized spacial score (nSPS) is 20.3. The molecule has 1 atom stereocenters. The summed E-state index contributed by atoms with van der Waals surface area (Å²) in [5.41, 5.74) is 1.54. The van der Waals surface area contributed by atoms with E-state index in [1.807, 2.05) is 13.0 Å². The molecule has 1 aliphatic rings. The molecule has 0 saturated heterocycles. The maximum absolute atomic E-state index is 7.08. The maximum atomic E-state index is 7.08. The second kappa shape index (κ2) is 2.88. The van der Waals surface area contributed by atoms with Crippen molar-refractivity contribution in [3.8, 4) is 0 Å². The average Bonchev–Trinajstić information content (AvgIpc) is 2.99. The molecule has 0 amide bonds. The standard InChI is InChI=1S/C12H13N/c1-10(13-2)12(8-9-12)11-6-4-3-5-7-11/h3-7,10H,8-9H2,1H3. The highest BCUT2D eigenvalue weighted by molar-refractivity contribution is 5.34. The topological polar surface area (TPSA) is 4.36 Å². The summed E-state index contributed by atoms with van der Waals surface area (Å²) in [7, 11) is 0. The Kier molecular flexibility index (Phi) is 1.84. The van der Waals surface area contributed by atoms with Crippen LogP contribution in [-0.4, -0.2) is 6.04 Å². The fourth-order valence-corrected chi connectivity index (χ4v) is 1.98. The van der Waals surface area contributed by atoms with Gasteiger partial charge in [0.05, 0.1) is 5.41 Å². The first kappa shape index (κ1) is 8.31. The number of benzene rings is 1. The van der Waals surface area contributed by atoms with E-state index in [0.717, 1.165) is 0 Å². The Bertz CT molecular complexity index is 330. The van der Waals surface area contributed by atoms with Crippen molar-refractivity contribution in [2.24, 2.45) is 0 Å². The Morgan fingerprint density at radius 2 is 1.92 bits per heavy atom. The molecule has 0 spiro atoms. The Morgan fingerprint density at radius 1 is 1.31 bits per heavy atom. The molecular formula is C12H13N. The molecule has 1 saturated carbocycles. The minimum Gasteiger partial charge on any atom is -0.313 e. The molecule has 1 aromatic carbocycles. The largest absolute Gasteiger partial charge is 0.313 e. The fourth-order valence-electron chi connectivity index (χ4n) is 1.98. The lowest BCUT2D eigenvalue weighted by Gasteiger charge is -2.13. The molecule has 1 aromatic rings. The maximum Gasteiger partial charge on any atom is 0.230 e. The lowest BCUT2D eigenvalue weighted by Crippen LogP contribution is -2.19. The number of rotatable bonds is 2. The Labute approximate surface area is 79.2 Å². The summed E-state index contributed by atoms with van der Waals surface area (Å²) in [5, 5.41) is 0. The van der Waals surface area contributed by atoms with Crippen LogP contribution in [0.25, 0.3) is 4.85 Å². The van der Waals surface area contributed by atoms with Gasteiger partial charge in [-0.1, -0.05) is 30.3 Å². The van der Waals surface area contributed by atoms with Crippen molar-refractivity contribution < 1.29 is 0 Å². The molecule has 0 heterocycles. The van der Waals surface area contributed by atoms with Gasteiger partial charge in [-0.25, -0.2) is 6.57 Å². The summed E-state index contributed by atoms with van der Waals surface area (Å²) in [6.07, 6.45) is 2.36. The zero-order chi connectivity index (χ0) is 9.31. The molecule has 1 nitrogen and oxygen atoms in total. The molecule has 1 aliphatic carbocycles. The first-order valence-corrected chi connectivity index (χ1v) is 4.72. The minimum absolute atomic E-state index is 0.134. The van der Waals surface area contributed by atoms with E-state index in [0.29, 0.717) is 0 Å². The van der Waals surface area contributed by atoms with E-state index >= 15 is 0 Å². The van der Waals surface area contributed by atoms with Crippen molar-refractivity contribution in [3.63, 3.8) is 0 Å². The van der Waals surface area contributed by atoms with E-state index in [1.165, 1.54) is 18.4 Å². The monoisotopic (exact) mass is 171 g/mol. The fraction of sp³-hybridized carbons (Fsp3) is 0.417. The predicted octanol–water partition coefficient (Wildman–Crippen LogP) is 3.03. The van der Waals surface area contributed by atoms with Crippen LogP contribution in [0.3, 0.4) is 0 Å². The first-order chi connectivity index (χ1) is 6.29. The van der Waals surface area contributed by atoms with Gasteiger partial charge in [-0.2, -0.15) is 0 Å². The van der Waals surface area contributed by atoms with Gasteiger partial charge in [0.15, 0.2) is 0 Å². The van der Waals surface area contributed by atoms with E-state index < -0.39 is 0 Å². The van der Waals surface area contributed by atoms with Crippen LogP contribution in [0.4, 0.5) is 0 Å². The van der Waals surface area contributed by atoms with Crippen molar-refractivity contribution >= 4 is 0 Å². The van der Waals surface area contributed by atoms with Gasteiger partial charge in [-0.3, -0.25) is 0 Å². The van der Waals surface area contributed by atoms with Crippen molar-refractivity contribution in [1.82, 2.24) is 0 Å². The highest BCUT2D eigenvalue weighted by atomic mass is 14.8. The summed E-state index contributed by atoms with van der Waals surface area (Å²) in [6.45, 7) is 9.11. The summed E-state index contributed by atoms with van der Waals surface area (Å²) in [5.74, 6) is 0. The molecule has 13 heavy (non-hydrogen) atoms. The molecule has 1 heteroatoms. The third-order valence-electron chi connectivity index (χ3n) is 3.13. The summed E-state index contributed by atoms with van der Waals surface area (Å²) < 4.78 is 0. The van der Waals surface area contributed by atoms with Crippen molar-refractivity contribution in [3.05, 3.63) is 47.3 Å². The highest BCUT2D eigenvalue weighted by Crippen LogP contribution is 2.51. The van der Waals surface area contributed by atoms with Gasteiger partial charge >= 0.3 is 0 Å². The van der Waals surface area contributed by atoms with Gasteiger partial charge < -0.3 is 4.85 Å². The van der Waals surface area contributed by atoms with Crippen LogP contribution in [0.1, 0.15) is 25.3 Å². The van der Waals surface area contributed by atoms with Crippen molar-refractivity contribution in [2.75, 3.05) is 0 Å². The third-order valence-corrected chi connectivity index (χ3v) is 3.13. The summed E-state index contributed by atoms with van der Waals surface area (Å²) >= 11 is 0. The zero-order valence-electron chi connectivity index (χ0n) is 7.83. The molecule has 1 unspecified atom stereocenters. The van der Waals surface area contributed by atoms with Gasteiger partial charge in [0, 0.05) is 6.92 Å². The molecule has 0 aliphatic heterocycles. The van der Waals surface area contributed by atoms with E-state index in [-0.39, 0.29) is 11.5 Å². The molecule has 0 bridgehead atoms. The van der Waals surface area contributed by atoms with E-state index in [9.17, 15) is 0 Å². The average molecular weight is 171 g/mol. The van der Waals surface area contributed by atoms with E-state index in [4.69, 9.17) is 6.57 Å². The molecule has 0 radical (unpaired) electrons. The molecule has 1 fully saturated rings. The molecule has 0 N–H and O–H groups in total. The van der Waals surface area contributed by atoms with Crippen LogP contribution in [0, 0.1) is 6.57 Å². The quantitative estimate of drug-likeness (QED) is 0.602. The van der Waals surface area contributed by atoms with Crippen LogP contribution in [-0.2, 0) is 5.41 Å². The van der Waals surface area contributed by atoms with Crippen LogP contribution in [0.2, 0.25) is 0 Å². The zero-order valence-corrected chi connectivity index (χ0v) is 7.83. The van der Waals surface area contributed by atoms with Crippen molar-refractivity contribution in [2.45, 2.75) is 31.2 Å². The SMILES string of the molecule is [C-]#[N+]C(C)C1(c2ccccc2)CC1. The molecule has 0 aromatic heterocycles. The van der Waals surface area contributed by atoms with E-state index in [2.05, 4.69) is 29.1 Å². The third kappa shape index (κ3) is 1.23. The van der Waals surface area contributed by atoms with Crippen LogP contribution in [0.15, 0.2) is 30.3 Å². The second-order valence-electron chi connectivity index (χ2n) is 3.83. The summed E-state index contributed by atoms with van der Waals surface area (Å²) in [6, 6.07) is 10.6. The van der Waals surface area contributed by atoms with Crippen LogP contribution in [0.5, 0.6) is 0 Å². The van der Waals surface area contributed by atoms with Gasteiger partial charge in [0.2, 0.25) is 6.04 Å². The first-order valence-electron chi connectivity index (χ1n) is 4.72. The number of hydrogen-bond donors (Lipinski definition) is 0. The lowest BCUT2D eigenvalue weighted by atomic mass is 9.89. The smallest absolute Gasteiger partial charge is 0.230 e. The Morgan fingerprint density at radius 3 is 2.38 bits per heavy atom. The van der Waals surface area contributed by atoms with Gasteiger partial charge in [-0.05, 0) is 18.4 Å². The lowest BCUT2D eigenvalue weighted by molar-refractivity contribution is 0.621. The van der Waals surface area contributed by atoms with Crippen LogP contribution >= 0.6 is 0 Å². The van der Waals surface area contributed by atoms with Gasteiger partial charge in [0.1, 0.15) is 0 Å². The van der Waals surface area contributed by atoms with Gasteiger partial charge in [0.25, 0.3) is 0 Å². The van der Waals surface area contributed by atoms with Crippen molar-refractivity contribution in [1.29, 1.82) is 0 Å². The van der Waals surface area contributed by atoms with E-state index in [1.54, 1.807) is 0 Å². The van der Waals surface area contributed by atoms with Gasteiger partial charge in [-0.15, -0.1) is 0 Å². The minimum atomic E-state index is 0.134. The number of hydrogen-bond acceptors (Lipinski definition) is 0. The van der Waals surface area contributed by atoms with Crippen LogP contribution < -0.4 is 0 Å². The predicted molar refractivity (Wildman–Crippen MR) is 53.4 cm³/mol. The Balaban J connectivity index is 2.32. The molecule has 2 rings (SSSR count). The second-order valence-corrected chi connectivity index (χ2v) is 3.83. The molecular weight excluding hydrogens is 158 g/mol. The molecule has 66 valence electrons. The Hall–Kier alpha value is -1.29. The summed E-state index contributed by atoms with van der Waals surface area (Å²) in [4.78, 5) is 3.65. The number of nitrogens with zero attached hydrogens (tertiary/aromatic N) is 1.